The Balaban J connectivity index is 2.34. The van der Waals surface area contributed by atoms with Gasteiger partial charge in [0.25, 0.3) is 5.91 Å². The second-order valence-electron chi connectivity index (χ2n) is 4.19. The fraction of sp³-hybridized carbons (Fsp3) is 0.214. The van der Waals surface area contributed by atoms with Crippen molar-refractivity contribution in [2.24, 2.45) is 0 Å². The van der Waals surface area contributed by atoms with Crippen LogP contribution in [-0.2, 0) is 9.59 Å². The highest BCUT2D eigenvalue weighted by Crippen LogP contribution is 2.33. The van der Waals surface area contributed by atoms with Crippen molar-refractivity contribution in [1.29, 1.82) is 0 Å². The summed E-state index contributed by atoms with van der Waals surface area (Å²) in [5.41, 5.74) is 1.47. The molecule has 104 valence electrons. The van der Waals surface area contributed by atoms with Gasteiger partial charge >= 0.3 is 0 Å². The van der Waals surface area contributed by atoms with Crippen molar-refractivity contribution in [2.45, 2.75) is 13.8 Å². The van der Waals surface area contributed by atoms with E-state index in [0.29, 0.717) is 21.5 Å². The summed E-state index contributed by atoms with van der Waals surface area (Å²) in [5.74, 6) is -0.230. The van der Waals surface area contributed by atoms with Crippen molar-refractivity contribution < 1.29 is 9.59 Å². The molecule has 6 heteroatoms. The van der Waals surface area contributed by atoms with Gasteiger partial charge in [-0.1, -0.05) is 42.2 Å². The Morgan fingerprint density at radius 2 is 2.15 bits per heavy atom. The first-order valence-corrected chi connectivity index (χ1v) is 7.37. The highest BCUT2D eigenvalue weighted by Gasteiger charge is 2.30. The smallest absolute Gasteiger partial charge is 0.266 e. The van der Waals surface area contributed by atoms with Crippen LogP contribution in [0.15, 0.2) is 29.2 Å². The van der Waals surface area contributed by atoms with E-state index in [1.54, 1.807) is 17.0 Å². The van der Waals surface area contributed by atoms with Crippen molar-refractivity contribution in [3.63, 3.8) is 0 Å². The molecule has 0 aromatic heterocycles. The summed E-state index contributed by atoms with van der Waals surface area (Å²) in [6.07, 6.45) is 1.76. The van der Waals surface area contributed by atoms with Gasteiger partial charge in [0.15, 0.2) is 0 Å². The van der Waals surface area contributed by atoms with E-state index in [1.165, 1.54) is 18.7 Å². The number of hydrogen-bond acceptors (Lipinski definition) is 4. The van der Waals surface area contributed by atoms with Crippen molar-refractivity contribution in [2.75, 3.05) is 11.9 Å². The number of amides is 2. The van der Waals surface area contributed by atoms with Gasteiger partial charge in [0.1, 0.15) is 4.32 Å². The molecule has 4 nitrogen and oxygen atoms in total. The highest BCUT2D eigenvalue weighted by molar-refractivity contribution is 8.26. The third-order valence-corrected chi connectivity index (χ3v) is 4.13. The molecule has 1 fully saturated rings. The van der Waals surface area contributed by atoms with Crippen LogP contribution in [0.3, 0.4) is 0 Å². The van der Waals surface area contributed by atoms with E-state index in [2.05, 4.69) is 5.32 Å². The average Bonchev–Trinajstić information content (AvgIpc) is 2.66. The van der Waals surface area contributed by atoms with E-state index in [-0.39, 0.29) is 11.8 Å². The van der Waals surface area contributed by atoms with Gasteiger partial charge in [-0.15, -0.1) is 0 Å². The van der Waals surface area contributed by atoms with E-state index in [0.717, 1.165) is 5.56 Å². The summed E-state index contributed by atoms with van der Waals surface area (Å²) in [6, 6.07) is 7.34. The minimum atomic E-state index is -0.146. The standard InChI is InChI=1S/C14H14N2O2S2/c1-3-16-13(18)12(20-14(16)19)8-10-6-4-5-7-11(10)15-9(2)17/h4-8H,3H2,1-2H3,(H,15,17)/b12-8-. The summed E-state index contributed by atoms with van der Waals surface area (Å²) in [5, 5.41) is 2.75. The van der Waals surface area contributed by atoms with Crippen LogP contribution in [0.5, 0.6) is 0 Å². The van der Waals surface area contributed by atoms with E-state index in [1.807, 2.05) is 25.1 Å². The second kappa shape index (κ2) is 6.19. The maximum absolute atomic E-state index is 12.1. The van der Waals surface area contributed by atoms with Crippen LogP contribution in [0.25, 0.3) is 6.08 Å². The Kier molecular flexibility index (Phi) is 4.57. The van der Waals surface area contributed by atoms with Gasteiger partial charge in [0, 0.05) is 19.2 Å². The Morgan fingerprint density at radius 3 is 2.75 bits per heavy atom. The number of likely N-dealkylation sites (N-methyl/N-ethyl adjacent to an activating group) is 1. The van der Waals surface area contributed by atoms with Gasteiger partial charge in [-0.2, -0.15) is 0 Å². The second-order valence-corrected chi connectivity index (χ2v) is 5.87. The average molecular weight is 306 g/mol. The number of rotatable bonds is 3. The summed E-state index contributed by atoms with van der Waals surface area (Å²) < 4.78 is 0.570. The molecule has 0 spiro atoms. The molecule has 1 aliphatic rings. The van der Waals surface area contributed by atoms with Crippen LogP contribution >= 0.6 is 24.0 Å². The number of para-hydroxylation sites is 1. The lowest BCUT2D eigenvalue weighted by atomic mass is 10.1. The van der Waals surface area contributed by atoms with Crippen LogP contribution in [0, 0.1) is 0 Å². The van der Waals surface area contributed by atoms with E-state index in [4.69, 9.17) is 12.2 Å². The van der Waals surface area contributed by atoms with E-state index >= 15 is 0 Å². The van der Waals surface area contributed by atoms with Crippen LogP contribution in [0.2, 0.25) is 0 Å². The molecule has 1 saturated heterocycles. The quantitative estimate of drug-likeness (QED) is 0.689. The maximum Gasteiger partial charge on any atom is 0.266 e. The zero-order valence-electron chi connectivity index (χ0n) is 11.2. The van der Waals surface area contributed by atoms with Crippen LogP contribution < -0.4 is 5.32 Å². The topological polar surface area (TPSA) is 49.4 Å². The number of nitrogens with one attached hydrogen (secondary N) is 1. The van der Waals surface area contributed by atoms with Crippen LogP contribution in [-0.4, -0.2) is 27.6 Å². The Hall–Kier alpha value is -1.66. The number of hydrogen-bond donors (Lipinski definition) is 1. The molecule has 0 radical (unpaired) electrons. The van der Waals surface area contributed by atoms with Crippen molar-refractivity contribution in [3.8, 4) is 0 Å². The molecule has 0 aliphatic carbocycles. The third kappa shape index (κ3) is 3.08. The zero-order chi connectivity index (χ0) is 14.7. The molecule has 0 atom stereocenters. The minimum absolute atomic E-state index is 0.0832. The van der Waals surface area contributed by atoms with E-state index in [9.17, 15) is 9.59 Å². The first-order valence-electron chi connectivity index (χ1n) is 6.15. The lowest BCUT2D eigenvalue weighted by Gasteiger charge is -2.10. The summed E-state index contributed by atoms with van der Waals surface area (Å²) in [7, 11) is 0. The predicted molar refractivity (Wildman–Crippen MR) is 86.3 cm³/mol. The minimum Gasteiger partial charge on any atom is -0.326 e. The van der Waals surface area contributed by atoms with Crippen molar-refractivity contribution in [3.05, 3.63) is 34.7 Å². The molecule has 1 aromatic carbocycles. The van der Waals surface area contributed by atoms with Crippen molar-refractivity contribution >= 4 is 51.9 Å². The maximum atomic E-state index is 12.1. The number of carbonyl (C=O) groups is 2. The summed E-state index contributed by atoms with van der Waals surface area (Å²) >= 11 is 6.46. The fourth-order valence-electron chi connectivity index (χ4n) is 1.84. The highest BCUT2D eigenvalue weighted by atomic mass is 32.2. The summed E-state index contributed by atoms with van der Waals surface area (Å²) in [4.78, 5) is 25.5. The molecule has 0 bridgehead atoms. The Bertz CT molecular complexity index is 611. The van der Waals surface area contributed by atoms with E-state index < -0.39 is 0 Å². The predicted octanol–water partition coefficient (Wildman–Crippen LogP) is 2.87. The fourth-order valence-corrected chi connectivity index (χ4v) is 3.22. The lowest BCUT2D eigenvalue weighted by Crippen LogP contribution is -2.27. The molecule has 1 heterocycles. The SMILES string of the molecule is CCN1C(=O)/C(=C/c2ccccc2NC(C)=O)SC1=S. The third-order valence-electron chi connectivity index (χ3n) is 2.75. The summed E-state index contributed by atoms with van der Waals surface area (Å²) in [6.45, 7) is 3.90. The molecule has 1 N–H and O–H groups in total. The molecular weight excluding hydrogens is 292 g/mol. The van der Waals surface area contributed by atoms with Gasteiger partial charge in [-0.05, 0) is 24.6 Å². The molecule has 20 heavy (non-hydrogen) atoms. The molecular formula is C14H14N2O2S2. The molecule has 2 amide bonds. The number of anilines is 1. The van der Waals surface area contributed by atoms with Gasteiger partial charge < -0.3 is 5.32 Å². The largest absolute Gasteiger partial charge is 0.326 e. The van der Waals surface area contributed by atoms with Gasteiger partial charge in [-0.25, -0.2) is 0 Å². The zero-order valence-corrected chi connectivity index (χ0v) is 12.8. The Morgan fingerprint density at radius 1 is 1.45 bits per heavy atom. The van der Waals surface area contributed by atoms with Gasteiger partial charge in [0.05, 0.1) is 4.91 Å². The van der Waals surface area contributed by atoms with Crippen LogP contribution in [0.4, 0.5) is 5.69 Å². The molecule has 1 aliphatic heterocycles. The Labute approximate surface area is 127 Å². The van der Waals surface area contributed by atoms with Gasteiger partial charge in [-0.3, -0.25) is 14.5 Å². The van der Waals surface area contributed by atoms with Crippen LogP contribution in [0.1, 0.15) is 19.4 Å². The van der Waals surface area contributed by atoms with Crippen molar-refractivity contribution in [1.82, 2.24) is 4.90 Å². The van der Waals surface area contributed by atoms with Gasteiger partial charge in [0.2, 0.25) is 5.91 Å². The number of benzene rings is 1. The number of carbonyl (C=O) groups excluding carboxylic acids is 2. The normalized spacial score (nSPS) is 16.9. The lowest BCUT2D eigenvalue weighted by molar-refractivity contribution is -0.122. The number of thiocarbonyl (C=S) groups is 1. The molecule has 0 unspecified atom stereocenters. The number of thioether (sulfide) groups is 1. The molecule has 1 aromatic rings. The monoisotopic (exact) mass is 306 g/mol. The molecule has 2 rings (SSSR count). The first-order chi connectivity index (χ1) is 9.52. The number of nitrogens with zero attached hydrogens (tertiary/aromatic N) is 1. The molecule has 0 saturated carbocycles. The first kappa shape index (κ1) is 14.7.